The highest BCUT2D eigenvalue weighted by Crippen LogP contribution is 2.30. The second-order valence-electron chi connectivity index (χ2n) is 4.84. The van der Waals surface area contributed by atoms with E-state index in [9.17, 15) is 5.11 Å². The van der Waals surface area contributed by atoms with E-state index in [1.54, 1.807) is 32.3 Å². The Hall–Kier alpha value is -0.490. The van der Waals surface area contributed by atoms with E-state index < -0.39 is 5.60 Å². The molecule has 0 bridgehead atoms. The maximum absolute atomic E-state index is 10.2. The van der Waals surface area contributed by atoms with Gasteiger partial charge in [-0.05, 0) is 26.9 Å². The van der Waals surface area contributed by atoms with Crippen LogP contribution in [0.25, 0.3) is 0 Å². The molecule has 0 unspecified atom stereocenters. The van der Waals surface area contributed by atoms with Crippen LogP contribution in [-0.2, 0) is 23.5 Å². The zero-order chi connectivity index (χ0) is 13.8. The van der Waals surface area contributed by atoms with Gasteiger partial charge in [-0.1, -0.05) is 13.8 Å². The highest BCUT2D eigenvalue weighted by molar-refractivity contribution is 7.11. The van der Waals surface area contributed by atoms with Crippen molar-refractivity contribution < 1.29 is 9.84 Å². The fraction of sp³-hybridized carbons (Fsp3) is 0.769. The van der Waals surface area contributed by atoms with Crippen molar-refractivity contribution in [1.82, 2.24) is 9.88 Å². The average molecular weight is 272 g/mol. The lowest BCUT2D eigenvalue weighted by Gasteiger charge is -2.16. The van der Waals surface area contributed by atoms with Gasteiger partial charge in [-0.15, -0.1) is 11.3 Å². The van der Waals surface area contributed by atoms with Gasteiger partial charge in [0.05, 0.1) is 29.3 Å². The molecule has 104 valence electrons. The monoisotopic (exact) mass is 272 g/mol. The molecule has 0 fully saturated rings. The summed E-state index contributed by atoms with van der Waals surface area (Å²) in [6.07, 6.45) is 0. The summed E-state index contributed by atoms with van der Waals surface area (Å²) in [6, 6.07) is 0. The fourth-order valence-electron chi connectivity index (χ4n) is 1.82. The molecule has 0 aliphatic rings. The Labute approximate surface area is 114 Å². The number of rotatable bonds is 7. The van der Waals surface area contributed by atoms with Crippen molar-refractivity contribution >= 4 is 11.3 Å². The first-order valence-corrected chi connectivity index (χ1v) is 7.16. The number of ether oxygens (including phenoxy) is 1. The molecular formula is C13H24N2O2S. The summed E-state index contributed by atoms with van der Waals surface area (Å²) in [5.41, 5.74) is 0.00435. The van der Waals surface area contributed by atoms with Crippen LogP contribution < -0.4 is 0 Å². The Morgan fingerprint density at radius 2 is 1.94 bits per heavy atom. The minimum absolute atomic E-state index is 0.452. The third-order valence-electron chi connectivity index (χ3n) is 2.83. The second-order valence-corrected chi connectivity index (χ2v) is 5.92. The summed E-state index contributed by atoms with van der Waals surface area (Å²) in [7, 11) is 1.65. The van der Waals surface area contributed by atoms with Crippen LogP contribution in [-0.4, -0.2) is 35.2 Å². The van der Waals surface area contributed by atoms with Crippen molar-refractivity contribution in [2.24, 2.45) is 0 Å². The lowest BCUT2D eigenvalue weighted by molar-refractivity contribution is 0.0782. The number of aromatic nitrogens is 1. The zero-order valence-electron chi connectivity index (χ0n) is 12.0. The summed E-state index contributed by atoms with van der Waals surface area (Å²) in [6.45, 7) is 11.2. The maximum Gasteiger partial charge on any atom is 0.107 e. The van der Waals surface area contributed by atoms with E-state index in [1.807, 2.05) is 0 Å². The lowest BCUT2D eigenvalue weighted by atomic mass is 10.1. The number of aliphatic hydroxyl groups is 1. The third kappa shape index (κ3) is 4.02. The Bertz CT molecular complexity index is 368. The summed E-state index contributed by atoms with van der Waals surface area (Å²) in [5, 5.41) is 11.2. The fourth-order valence-corrected chi connectivity index (χ4v) is 2.93. The molecule has 0 radical (unpaired) electrons. The van der Waals surface area contributed by atoms with Crippen LogP contribution in [0.3, 0.4) is 0 Å². The number of methoxy groups -OCH3 is 1. The molecule has 5 heteroatoms. The largest absolute Gasteiger partial charge is 0.385 e. The van der Waals surface area contributed by atoms with Gasteiger partial charge in [0.25, 0.3) is 0 Å². The first-order valence-electron chi connectivity index (χ1n) is 6.35. The van der Waals surface area contributed by atoms with Crippen molar-refractivity contribution in [2.75, 3.05) is 20.2 Å². The molecular weight excluding hydrogens is 248 g/mol. The van der Waals surface area contributed by atoms with Crippen LogP contribution >= 0.6 is 11.3 Å². The quantitative estimate of drug-likeness (QED) is 0.827. The molecule has 0 aliphatic carbocycles. The SMILES string of the molecule is CCN(CC)Cc1nc(COC)c(C(C)(C)O)s1. The van der Waals surface area contributed by atoms with E-state index >= 15 is 0 Å². The van der Waals surface area contributed by atoms with Gasteiger partial charge >= 0.3 is 0 Å². The van der Waals surface area contributed by atoms with E-state index in [2.05, 4.69) is 23.7 Å². The molecule has 1 N–H and O–H groups in total. The lowest BCUT2D eigenvalue weighted by Crippen LogP contribution is -2.21. The van der Waals surface area contributed by atoms with Gasteiger partial charge in [0.2, 0.25) is 0 Å². The predicted octanol–water partition coefficient (Wildman–Crippen LogP) is 2.36. The molecule has 1 rings (SSSR count). The van der Waals surface area contributed by atoms with Gasteiger partial charge in [0, 0.05) is 7.11 Å². The van der Waals surface area contributed by atoms with Crippen LogP contribution in [0, 0.1) is 0 Å². The average Bonchev–Trinajstić information content (AvgIpc) is 2.69. The molecule has 0 amide bonds. The molecule has 1 aromatic rings. The summed E-state index contributed by atoms with van der Waals surface area (Å²) in [4.78, 5) is 7.81. The molecule has 18 heavy (non-hydrogen) atoms. The molecule has 0 aromatic carbocycles. The number of hydrogen-bond donors (Lipinski definition) is 1. The molecule has 4 nitrogen and oxygen atoms in total. The van der Waals surface area contributed by atoms with E-state index in [1.165, 1.54) is 0 Å². The number of hydrogen-bond acceptors (Lipinski definition) is 5. The van der Waals surface area contributed by atoms with E-state index in [0.717, 1.165) is 35.2 Å². The van der Waals surface area contributed by atoms with Crippen LogP contribution in [0.5, 0.6) is 0 Å². The minimum atomic E-state index is -0.854. The van der Waals surface area contributed by atoms with Crippen LogP contribution in [0.2, 0.25) is 0 Å². The first kappa shape index (κ1) is 15.6. The van der Waals surface area contributed by atoms with Crippen molar-refractivity contribution in [3.63, 3.8) is 0 Å². The van der Waals surface area contributed by atoms with Crippen LogP contribution in [0.15, 0.2) is 0 Å². The molecule has 1 heterocycles. The highest BCUT2D eigenvalue weighted by Gasteiger charge is 2.25. The van der Waals surface area contributed by atoms with Crippen LogP contribution in [0.1, 0.15) is 43.3 Å². The molecule has 0 aliphatic heterocycles. The van der Waals surface area contributed by atoms with Crippen LogP contribution in [0.4, 0.5) is 0 Å². The Balaban J connectivity index is 2.95. The molecule has 1 aromatic heterocycles. The van der Waals surface area contributed by atoms with Gasteiger partial charge < -0.3 is 9.84 Å². The molecule has 0 saturated heterocycles. The van der Waals surface area contributed by atoms with Gasteiger partial charge in [-0.2, -0.15) is 0 Å². The van der Waals surface area contributed by atoms with E-state index in [0.29, 0.717) is 6.61 Å². The third-order valence-corrected chi connectivity index (χ3v) is 4.23. The Morgan fingerprint density at radius 1 is 1.33 bits per heavy atom. The van der Waals surface area contributed by atoms with Gasteiger partial charge in [0.15, 0.2) is 0 Å². The standard InChI is InChI=1S/C13H24N2O2S/c1-6-15(7-2)8-11-14-10(9-17-5)12(18-11)13(3,4)16/h16H,6-9H2,1-5H3. The van der Waals surface area contributed by atoms with Crippen molar-refractivity contribution in [1.29, 1.82) is 0 Å². The molecule has 0 spiro atoms. The van der Waals surface area contributed by atoms with Gasteiger partial charge in [-0.25, -0.2) is 4.98 Å². The first-order chi connectivity index (χ1) is 8.42. The number of nitrogens with zero attached hydrogens (tertiary/aromatic N) is 2. The molecule has 0 saturated carbocycles. The highest BCUT2D eigenvalue weighted by atomic mass is 32.1. The van der Waals surface area contributed by atoms with E-state index in [-0.39, 0.29) is 0 Å². The maximum atomic E-state index is 10.2. The number of thiazole rings is 1. The van der Waals surface area contributed by atoms with Crippen molar-refractivity contribution in [3.8, 4) is 0 Å². The van der Waals surface area contributed by atoms with Crippen molar-refractivity contribution in [2.45, 2.75) is 46.4 Å². The smallest absolute Gasteiger partial charge is 0.107 e. The topological polar surface area (TPSA) is 45.6 Å². The van der Waals surface area contributed by atoms with Crippen molar-refractivity contribution in [3.05, 3.63) is 15.6 Å². The van der Waals surface area contributed by atoms with E-state index in [4.69, 9.17) is 4.74 Å². The van der Waals surface area contributed by atoms with Gasteiger partial charge in [-0.3, -0.25) is 4.90 Å². The second kappa shape index (κ2) is 6.61. The summed E-state index contributed by atoms with van der Waals surface area (Å²) in [5.74, 6) is 0. The Morgan fingerprint density at radius 3 is 2.39 bits per heavy atom. The summed E-state index contributed by atoms with van der Waals surface area (Å²) >= 11 is 1.58. The minimum Gasteiger partial charge on any atom is -0.385 e. The normalized spacial score (nSPS) is 12.4. The van der Waals surface area contributed by atoms with Gasteiger partial charge in [0.1, 0.15) is 5.01 Å². The predicted molar refractivity (Wildman–Crippen MR) is 74.7 cm³/mol. The Kier molecular flexibility index (Phi) is 5.72. The molecule has 0 atom stereocenters. The summed E-state index contributed by atoms with van der Waals surface area (Å²) < 4.78 is 5.15. The zero-order valence-corrected chi connectivity index (χ0v) is 12.8.